The summed E-state index contributed by atoms with van der Waals surface area (Å²) in [5.41, 5.74) is 1.79. The summed E-state index contributed by atoms with van der Waals surface area (Å²) in [7, 11) is 1.86. The van der Waals surface area contributed by atoms with E-state index >= 15 is 0 Å². The van der Waals surface area contributed by atoms with Crippen LogP contribution in [0.3, 0.4) is 0 Å². The molecular weight excluding hydrogens is 273 g/mol. The molecule has 16 heavy (non-hydrogen) atoms. The van der Waals surface area contributed by atoms with Crippen molar-refractivity contribution in [2.75, 3.05) is 5.32 Å². The van der Waals surface area contributed by atoms with Crippen LogP contribution in [0.5, 0.6) is 0 Å². The van der Waals surface area contributed by atoms with Gasteiger partial charge in [0, 0.05) is 29.8 Å². The van der Waals surface area contributed by atoms with Crippen molar-refractivity contribution in [1.29, 1.82) is 0 Å². The predicted octanol–water partition coefficient (Wildman–Crippen LogP) is 2.93. The van der Waals surface area contributed by atoms with Gasteiger partial charge in [-0.1, -0.05) is 0 Å². The maximum absolute atomic E-state index is 13.0. The second kappa shape index (κ2) is 4.65. The van der Waals surface area contributed by atoms with Gasteiger partial charge in [0.2, 0.25) is 0 Å². The van der Waals surface area contributed by atoms with E-state index in [0.29, 0.717) is 6.54 Å². The van der Waals surface area contributed by atoms with E-state index in [1.165, 1.54) is 12.1 Å². The lowest BCUT2D eigenvalue weighted by molar-refractivity contribution is 0.628. The van der Waals surface area contributed by atoms with Gasteiger partial charge >= 0.3 is 0 Å². The van der Waals surface area contributed by atoms with Crippen LogP contribution in [-0.4, -0.2) is 9.78 Å². The third-order valence-electron chi connectivity index (χ3n) is 2.17. The summed E-state index contributed by atoms with van der Waals surface area (Å²) in [6.45, 7) is 0.621. The van der Waals surface area contributed by atoms with Crippen molar-refractivity contribution >= 4 is 21.6 Å². The van der Waals surface area contributed by atoms with Gasteiger partial charge in [-0.2, -0.15) is 5.10 Å². The first kappa shape index (κ1) is 11.1. The Morgan fingerprint density at radius 1 is 1.50 bits per heavy atom. The normalized spacial score (nSPS) is 10.4. The van der Waals surface area contributed by atoms with E-state index in [4.69, 9.17) is 0 Å². The molecule has 0 aliphatic carbocycles. The molecule has 0 atom stereocenters. The van der Waals surface area contributed by atoms with Crippen LogP contribution in [0.1, 0.15) is 5.56 Å². The number of halogens is 2. The Morgan fingerprint density at radius 2 is 2.31 bits per heavy atom. The van der Waals surface area contributed by atoms with Gasteiger partial charge in [-0.15, -0.1) is 0 Å². The summed E-state index contributed by atoms with van der Waals surface area (Å²) < 4.78 is 15.6. The van der Waals surface area contributed by atoms with Crippen molar-refractivity contribution < 1.29 is 4.39 Å². The molecule has 0 saturated carbocycles. The number of nitrogens with zero attached hydrogens (tertiary/aromatic N) is 2. The van der Waals surface area contributed by atoms with Crippen molar-refractivity contribution in [2.45, 2.75) is 6.54 Å². The Kier molecular flexibility index (Phi) is 3.24. The molecule has 0 aliphatic rings. The zero-order valence-corrected chi connectivity index (χ0v) is 10.3. The maximum atomic E-state index is 13.0. The van der Waals surface area contributed by atoms with Crippen LogP contribution in [0.2, 0.25) is 0 Å². The fourth-order valence-corrected chi connectivity index (χ4v) is 1.78. The molecule has 1 heterocycles. The van der Waals surface area contributed by atoms with Gasteiger partial charge in [-0.05, 0) is 34.1 Å². The fraction of sp³-hybridized carbons (Fsp3) is 0.182. The molecule has 1 aromatic heterocycles. The van der Waals surface area contributed by atoms with Crippen molar-refractivity contribution in [2.24, 2.45) is 7.05 Å². The van der Waals surface area contributed by atoms with Crippen LogP contribution in [-0.2, 0) is 13.6 Å². The SMILES string of the molecule is Cn1cc(CNc2cc(F)ccc2Br)cn1. The minimum Gasteiger partial charge on any atom is -0.380 e. The first-order valence-corrected chi connectivity index (χ1v) is 5.61. The third-order valence-corrected chi connectivity index (χ3v) is 2.86. The number of aromatic nitrogens is 2. The van der Waals surface area contributed by atoms with Gasteiger partial charge in [0.15, 0.2) is 0 Å². The quantitative estimate of drug-likeness (QED) is 0.939. The van der Waals surface area contributed by atoms with Gasteiger partial charge in [0.25, 0.3) is 0 Å². The van der Waals surface area contributed by atoms with E-state index in [1.807, 2.05) is 13.2 Å². The Bertz CT molecular complexity index is 496. The van der Waals surface area contributed by atoms with Crippen LogP contribution in [0.15, 0.2) is 35.1 Å². The molecule has 1 N–H and O–H groups in total. The molecule has 0 amide bonds. The highest BCUT2D eigenvalue weighted by atomic mass is 79.9. The lowest BCUT2D eigenvalue weighted by atomic mass is 10.3. The van der Waals surface area contributed by atoms with Gasteiger partial charge in [0.1, 0.15) is 5.82 Å². The smallest absolute Gasteiger partial charge is 0.125 e. The number of nitrogens with one attached hydrogen (secondary N) is 1. The standard InChI is InChI=1S/C11H11BrFN3/c1-16-7-8(6-15-16)5-14-11-4-9(13)2-3-10(11)12/h2-4,6-7,14H,5H2,1H3. The molecule has 0 bridgehead atoms. The minimum absolute atomic E-state index is 0.253. The van der Waals surface area contributed by atoms with E-state index in [0.717, 1.165) is 15.7 Å². The highest BCUT2D eigenvalue weighted by molar-refractivity contribution is 9.10. The van der Waals surface area contributed by atoms with Crippen LogP contribution < -0.4 is 5.32 Å². The molecule has 0 saturated heterocycles. The molecule has 0 spiro atoms. The van der Waals surface area contributed by atoms with Crippen LogP contribution in [0.25, 0.3) is 0 Å². The van der Waals surface area contributed by atoms with Gasteiger partial charge in [-0.25, -0.2) is 4.39 Å². The summed E-state index contributed by atoms with van der Waals surface area (Å²) in [6, 6.07) is 4.56. The first-order valence-electron chi connectivity index (χ1n) is 4.81. The Labute approximate surface area is 101 Å². The average Bonchev–Trinajstić information content (AvgIpc) is 2.66. The largest absolute Gasteiger partial charge is 0.380 e. The monoisotopic (exact) mass is 283 g/mol. The van der Waals surface area contributed by atoms with Crippen LogP contribution in [0.4, 0.5) is 10.1 Å². The molecule has 2 aromatic rings. The van der Waals surface area contributed by atoms with E-state index in [1.54, 1.807) is 16.9 Å². The summed E-state index contributed by atoms with van der Waals surface area (Å²) in [5.74, 6) is -0.253. The maximum Gasteiger partial charge on any atom is 0.125 e. The van der Waals surface area contributed by atoms with E-state index in [2.05, 4.69) is 26.3 Å². The first-order chi connectivity index (χ1) is 7.65. The van der Waals surface area contributed by atoms with Crippen LogP contribution in [0, 0.1) is 5.82 Å². The number of aryl methyl sites for hydroxylation is 1. The topological polar surface area (TPSA) is 29.9 Å². The fourth-order valence-electron chi connectivity index (χ4n) is 1.39. The van der Waals surface area contributed by atoms with E-state index in [9.17, 15) is 4.39 Å². The zero-order valence-electron chi connectivity index (χ0n) is 8.74. The number of rotatable bonds is 3. The molecule has 5 heteroatoms. The van der Waals surface area contributed by atoms with Crippen LogP contribution >= 0.6 is 15.9 Å². The van der Waals surface area contributed by atoms with Crippen molar-refractivity contribution in [3.63, 3.8) is 0 Å². The van der Waals surface area contributed by atoms with Crippen molar-refractivity contribution in [3.8, 4) is 0 Å². The number of hydrogen-bond donors (Lipinski definition) is 1. The molecule has 0 aliphatic heterocycles. The van der Waals surface area contributed by atoms with Gasteiger partial charge in [-0.3, -0.25) is 4.68 Å². The molecule has 0 radical (unpaired) electrons. The second-order valence-corrected chi connectivity index (χ2v) is 4.35. The predicted molar refractivity (Wildman–Crippen MR) is 64.6 cm³/mol. The van der Waals surface area contributed by atoms with E-state index < -0.39 is 0 Å². The second-order valence-electron chi connectivity index (χ2n) is 3.50. The summed E-state index contributed by atoms with van der Waals surface area (Å²) in [4.78, 5) is 0. The summed E-state index contributed by atoms with van der Waals surface area (Å²) in [5, 5.41) is 7.20. The number of anilines is 1. The highest BCUT2D eigenvalue weighted by Crippen LogP contribution is 2.23. The molecule has 2 rings (SSSR count). The molecule has 3 nitrogen and oxygen atoms in total. The lowest BCUT2D eigenvalue weighted by Crippen LogP contribution is -1.99. The number of hydrogen-bond acceptors (Lipinski definition) is 2. The summed E-state index contributed by atoms with van der Waals surface area (Å²) >= 11 is 3.36. The van der Waals surface area contributed by atoms with Gasteiger partial charge < -0.3 is 5.32 Å². The molecule has 0 unspecified atom stereocenters. The molecule has 84 valence electrons. The molecular formula is C11H11BrFN3. The molecule has 0 fully saturated rings. The lowest BCUT2D eigenvalue weighted by Gasteiger charge is -2.07. The average molecular weight is 284 g/mol. The Balaban J connectivity index is 2.07. The van der Waals surface area contributed by atoms with E-state index in [-0.39, 0.29) is 5.82 Å². The van der Waals surface area contributed by atoms with Crippen molar-refractivity contribution in [3.05, 3.63) is 46.4 Å². The summed E-state index contributed by atoms with van der Waals surface area (Å²) in [6.07, 6.45) is 3.69. The minimum atomic E-state index is -0.253. The van der Waals surface area contributed by atoms with Crippen molar-refractivity contribution in [1.82, 2.24) is 9.78 Å². The number of benzene rings is 1. The zero-order chi connectivity index (χ0) is 11.5. The highest BCUT2D eigenvalue weighted by Gasteiger charge is 2.02. The Morgan fingerprint density at radius 3 is 3.00 bits per heavy atom. The Hall–Kier alpha value is -1.36. The third kappa shape index (κ3) is 2.61. The van der Waals surface area contributed by atoms with Gasteiger partial charge in [0.05, 0.1) is 11.9 Å². The molecule has 1 aromatic carbocycles.